The van der Waals surface area contributed by atoms with Gasteiger partial charge in [0.05, 0.1) is 20.4 Å². The molecule has 0 saturated heterocycles. The smallest absolute Gasteiger partial charge is 0.0877 e. The second-order valence-electron chi connectivity index (χ2n) is 20.0. The summed E-state index contributed by atoms with van der Waals surface area (Å²) in [5.74, 6) is 0. The lowest BCUT2D eigenvalue weighted by atomic mass is 10.0. The van der Waals surface area contributed by atoms with Gasteiger partial charge in [0.1, 0.15) is 0 Å². The number of aliphatic hydroxyl groups is 1. The van der Waals surface area contributed by atoms with Crippen LogP contribution in [0.15, 0.2) is 0 Å². The van der Waals surface area contributed by atoms with E-state index < -0.39 is 14.3 Å². The van der Waals surface area contributed by atoms with Gasteiger partial charge >= 0.3 is 0 Å². The van der Waals surface area contributed by atoms with Gasteiger partial charge in [-0.3, -0.25) is 0 Å². The molecule has 0 radical (unpaired) electrons. The summed E-state index contributed by atoms with van der Waals surface area (Å²) in [6, 6.07) is 0. The molecule has 0 heterocycles. The first-order valence-electron chi connectivity index (χ1n) is 28.0. The van der Waals surface area contributed by atoms with Crippen molar-refractivity contribution < 1.29 is 14.2 Å². The number of hydrogen-bond acceptors (Lipinski definition) is 3. The standard InChI is InChI=1S/C28H59OP.C27H57O2P/c1-4-7-10-11-12-13-14-15-16-17-18-19-20-21-22-23-24-25-28-30(29,26-8-5-2)27-9-6-3;1-4-5-6-7-8-9-10-11-12-13-14-15-16-17-18-19-20-21-22-23-25-30(3,29)26-24-27(2)28/h4-28H2,1-3H3;27-28H,4-26H2,1-3H3. The topological polar surface area (TPSA) is 54.4 Å². The van der Waals surface area contributed by atoms with Crippen molar-refractivity contribution >= 4 is 14.3 Å². The number of aliphatic hydroxyl groups excluding tert-OH is 1. The number of rotatable bonds is 49. The first kappa shape index (κ1) is 62.5. The molecule has 0 spiro atoms. The average molecular weight is 887 g/mol. The molecule has 0 saturated carbocycles. The predicted molar refractivity (Wildman–Crippen MR) is 278 cm³/mol. The van der Waals surface area contributed by atoms with Gasteiger partial charge < -0.3 is 14.2 Å². The molecule has 2 atom stereocenters. The van der Waals surface area contributed by atoms with Gasteiger partial charge in [-0.05, 0) is 45.7 Å². The van der Waals surface area contributed by atoms with E-state index in [1.807, 2.05) is 6.66 Å². The van der Waals surface area contributed by atoms with Crippen LogP contribution in [0.2, 0.25) is 0 Å². The normalized spacial score (nSPS) is 13.3. The van der Waals surface area contributed by atoms with E-state index in [-0.39, 0.29) is 6.10 Å². The minimum absolute atomic E-state index is 0.312. The summed E-state index contributed by atoms with van der Waals surface area (Å²) < 4.78 is 25.5. The first-order valence-corrected chi connectivity index (χ1v) is 32.8. The molecule has 5 heteroatoms. The Morgan fingerprint density at radius 2 is 0.500 bits per heavy atom. The Labute approximate surface area is 381 Å². The summed E-state index contributed by atoms with van der Waals surface area (Å²) in [5, 5.41) is 9.34. The summed E-state index contributed by atoms with van der Waals surface area (Å²) in [7, 11) is -3.84. The highest BCUT2D eigenvalue weighted by Crippen LogP contribution is 2.48. The van der Waals surface area contributed by atoms with Crippen LogP contribution in [-0.2, 0) is 9.13 Å². The summed E-state index contributed by atoms with van der Waals surface area (Å²) in [5.41, 5.74) is 0. The molecule has 60 heavy (non-hydrogen) atoms. The fourth-order valence-corrected chi connectivity index (χ4v) is 14.1. The van der Waals surface area contributed by atoms with Crippen LogP contribution in [-0.4, -0.2) is 48.7 Å². The number of unbranched alkanes of at least 4 members (excludes halogenated alkanes) is 38. The minimum atomic E-state index is -2.00. The van der Waals surface area contributed by atoms with E-state index in [2.05, 4.69) is 27.7 Å². The fourth-order valence-electron chi connectivity index (χ4n) is 8.80. The maximum Gasteiger partial charge on any atom is 0.0877 e. The van der Waals surface area contributed by atoms with Gasteiger partial charge in [0.25, 0.3) is 0 Å². The van der Waals surface area contributed by atoms with Crippen molar-refractivity contribution in [3.63, 3.8) is 0 Å². The maximum atomic E-state index is 13.1. The van der Waals surface area contributed by atoms with Gasteiger partial charge in [0, 0.05) is 30.8 Å². The van der Waals surface area contributed by atoms with Crippen LogP contribution in [0.4, 0.5) is 0 Å². The van der Waals surface area contributed by atoms with Crippen LogP contribution in [0.3, 0.4) is 0 Å². The van der Waals surface area contributed by atoms with Crippen LogP contribution in [0.1, 0.15) is 311 Å². The lowest BCUT2D eigenvalue weighted by molar-refractivity contribution is 0.191. The average Bonchev–Trinajstić information content (AvgIpc) is 3.23. The zero-order valence-electron chi connectivity index (χ0n) is 42.7. The molecular weight excluding hydrogens is 771 g/mol. The summed E-state index contributed by atoms with van der Waals surface area (Å²) in [4.78, 5) is 0. The molecular formula is C55H116O3P2. The monoisotopic (exact) mass is 887 g/mol. The molecule has 0 aliphatic rings. The van der Waals surface area contributed by atoms with Gasteiger partial charge in [-0.15, -0.1) is 0 Å². The highest BCUT2D eigenvalue weighted by molar-refractivity contribution is 7.64. The molecule has 0 aromatic carbocycles. The van der Waals surface area contributed by atoms with Crippen LogP contribution in [0.25, 0.3) is 0 Å². The van der Waals surface area contributed by atoms with Gasteiger partial charge in [-0.1, -0.05) is 272 Å². The van der Waals surface area contributed by atoms with Gasteiger partial charge in [0.15, 0.2) is 0 Å². The molecule has 1 N–H and O–H groups in total. The van der Waals surface area contributed by atoms with Gasteiger partial charge in [-0.2, -0.15) is 0 Å². The molecule has 0 aliphatic carbocycles. The first-order chi connectivity index (χ1) is 29.2. The third kappa shape index (κ3) is 52.8. The molecule has 364 valence electrons. The molecule has 2 unspecified atom stereocenters. The van der Waals surface area contributed by atoms with Gasteiger partial charge in [0.2, 0.25) is 0 Å². The molecule has 0 aliphatic heterocycles. The minimum Gasteiger partial charge on any atom is -0.393 e. The third-order valence-electron chi connectivity index (χ3n) is 13.3. The Morgan fingerprint density at radius 1 is 0.300 bits per heavy atom. The summed E-state index contributed by atoms with van der Waals surface area (Å²) in [6.07, 6.45) is 63.2. The van der Waals surface area contributed by atoms with Crippen LogP contribution in [0.5, 0.6) is 0 Å². The lowest BCUT2D eigenvalue weighted by Crippen LogP contribution is -2.04. The van der Waals surface area contributed by atoms with Crippen molar-refractivity contribution in [2.24, 2.45) is 0 Å². The SMILES string of the molecule is CCCCCCCCCCCCCCCCCCCCCCP(C)(=O)CCC(C)O.CCCCCCCCCCCCCCCCCCCCP(=O)(CCCC)CCCC. The lowest BCUT2D eigenvalue weighted by Gasteiger charge is -2.17. The molecule has 0 aromatic rings. The van der Waals surface area contributed by atoms with E-state index in [1.54, 1.807) is 6.92 Å². The van der Waals surface area contributed by atoms with Crippen LogP contribution < -0.4 is 0 Å². The summed E-state index contributed by atoms with van der Waals surface area (Å²) in [6.45, 7) is 12.7. The van der Waals surface area contributed by atoms with Crippen molar-refractivity contribution in [3.8, 4) is 0 Å². The second kappa shape index (κ2) is 50.4. The van der Waals surface area contributed by atoms with Crippen molar-refractivity contribution in [2.75, 3.05) is 37.5 Å². The summed E-state index contributed by atoms with van der Waals surface area (Å²) >= 11 is 0. The van der Waals surface area contributed by atoms with Crippen molar-refractivity contribution in [2.45, 2.75) is 317 Å². The van der Waals surface area contributed by atoms with Gasteiger partial charge in [-0.25, -0.2) is 0 Å². The predicted octanol–water partition coefficient (Wildman–Crippen LogP) is 20.6. The molecule has 0 amide bonds. The number of hydrogen-bond donors (Lipinski definition) is 1. The van der Waals surface area contributed by atoms with E-state index in [9.17, 15) is 14.2 Å². The molecule has 0 aromatic heterocycles. The van der Waals surface area contributed by atoms with E-state index in [4.69, 9.17) is 0 Å². The van der Waals surface area contributed by atoms with Crippen LogP contribution in [0, 0.1) is 0 Å². The molecule has 0 rings (SSSR count). The Balaban J connectivity index is 0. The Morgan fingerprint density at radius 3 is 0.733 bits per heavy atom. The Kier molecular flexibility index (Phi) is 52.5. The third-order valence-corrected chi connectivity index (χ3v) is 19.1. The fraction of sp³-hybridized carbons (Fsp3) is 1.00. The van der Waals surface area contributed by atoms with Crippen LogP contribution >= 0.6 is 14.3 Å². The molecule has 0 bridgehead atoms. The van der Waals surface area contributed by atoms with E-state index in [0.717, 1.165) is 31.1 Å². The largest absolute Gasteiger partial charge is 0.393 e. The Bertz CT molecular complexity index is 877. The Hall–Kier alpha value is 0.420. The molecule has 3 nitrogen and oxygen atoms in total. The zero-order chi connectivity index (χ0) is 44.5. The van der Waals surface area contributed by atoms with E-state index in [0.29, 0.717) is 12.6 Å². The highest BCUT2D eigenvalue weighted by Gasteiger charge is 2.20. The van der Waals surface area contributed by atoms with E-state index >= 15 is 0 Å². The zero-order valence-corrected chi connectivity index (χ0v) is 44.5. The quantitative estimate of drug-likeness (QED) is 0.0489. The maximum absolute atomic E-state index is 13.1. The van der Waals surface area contributed by atoms with Crippen molar-refractivity contribution in [1.82, 2.24) is 0 Å². The second-order valence-corrected chi connectivity index (χ2v) is 27.0. The highest BCUT2D eigenvalue weighted by atomic mass is 31.2. The van der Waals surface area contributed by atoms with Crippen molar-refractivity contribution in [3.05, 3.63) is 0 Å². The van der Waals surface area contributed by atoms with E-state index in [1.165, 1.54) is 263 Å². The van der Waals surface area contributed by atoms with Crippen molar-refractivity contribution in [1.29, 1.82) is 0 Å². The molecule has 0 fully saturated rings.